The Morgan fingerprint density at radius 1 is 1.03 bits per heavy atom. The van der Waals surface area contributed by atoms with Crippen LogP contribution >= 0.6 is 23.2 Å². The molecule has 1 N–H and O–H groups in total. The van der Waals surface area contributed by atoms with Crippen LogP contribution in [0.25, 0.3) is 5.69 Å². The number of hydrogen-bond acceptors (Lipinski definition) is 4. The van der Waals surface area contributed by atoms with Crippen molar-refractivity contribution in [3.05, 3.63) is 93.8 Å². The van der Waals surface area contributed by atoms with Gasteiger partial charge < -0.3 is 10.2 Å². The topological polar surface area (TPSA) is 62.5 Å². The third kappa shape index (κ3) is 2.31. The average Bonchev–Trinajstić information content (AvgIpc) is 3.25. The number of nitrogens with one attached hydrogen (secondary N) is 1. The maximum absolute atomic E-state index is 13.8. The Morgan fingerprint density at radius 3 is 2.58 bits per heavy atom. The van der Waals surface area contributed by atoms with E-state index >= 15 is 0 Å². The fraction of sp³-hybridized carbons (Fsp3) is 0.0870. The summed E-state index contributed by atoms with van der Waals surface area (Å²) in [6.45, 7) is 1.89. The second-order valence-corrected chi connectivity index (χ2v) is 8.40. The molecule has 3 aliphatic heterocycles. The number of aryl methyl sites for hydroxylation is 1. The summed E-state index contributed by atoms with van der Waals surface area (Å²) in [4.78, 5) is 20.4. The van der Waals surface area contributed by atoms with E-state index < -0.39 is 5.54 Å². The molecule has 3 aliphatic rings. The number of aromatic nitrogens is 2. The van der Waals surface area contributed by atoms with Crippen molar-refractivity contribution in [1.82, 2.24) is 14.7 Å². The Balaban J connectivity index is 1.75. The number of amidine groups is 1. The smallest absolute Gasteiger partial charge is 0.260 e. The van der Waals surface area contributed by atoms with Crippen molar-refractivity contribution < 1.29 is 4.79 Å². The molecule has 0 bridgehead atoms. The molecule has 2 aromatic carbocycles. The van der Waals surface area contributed by atoms with Crippen molar-refractivity contribution in [2.45, 2.75) is 12.5 Å². The molecule has 8 heteroatoms. The number of carbonyl (C=O) groups is 1. The highest BCUT2D eigenvalue weighted by Crippen LogP contribution is 2.54. The highest BCUT2D eigenvalue weighted by atomic mass is 35.5. The number of fused-ring (bicyclic) bond motifs is 6. The van der Waals surface area contributed by atoms with E-state index in [-0.39, 0.29) is 5.91 Å². The van der Waals surface area contributed by atoms with Crippen molar-refractivity contribution in [2.75, 3.05) is 5.32 Å². The van der Waals surface area contributed by atoms with E-state index in [1.54, 1.807) is 21.9 Å². The number of aliphatic imine (C=N–C) groups is 1. The van der Waals surface area contributed by atoms with Gasteiger partial charge in [0.1, 0.15) is 0 Å². The van der Waals surface area contributed by atoms with Crippen LogP contribution in [0.4, 0.5) is 11.5 Å². The number of nitrogens with zero attached hydrogens (tertiary/aromatic N) is 4. The van der Waals surface area contributed by atoms with Gasteiger partial charge in [-0.3, -0.25) is 4.79 Å². The van der Waals surface area contributed by atoms with Crippen LogP contribution in [-0.4, -0.2) is 26.4 Å². The summed E-state index contributed by atoms with van der Waals surface area (Å²) in [7, 11) is 0. The molecule has 1 aromatic heterocycles. The van der Waals surface area contributed by atoms with Crippen molar-refractivity contribution in [3.8, 4) is 5.69 Å². The highest BCUT2D eigenvalue weighted by molar-refractivity contribution is 6.46. The molecule has 0 radical (unpaired) electrons. The van der Waals surface area contributed by atoms with E-state index in [0.29, 0.717) is 33.0 Å². The molecule has 6 rings (SSSR count). The first-order valence-corrected chi connectivity index (χ1v) is 10.5. The highest BCUT2D eigenvalue weighted by Gasteiger charge is 2.59. The lowest BCUT2D eigenvalue weighted by molar-refractivity contribution is -0.122. The quantitative estimate of drug-likeness (QED) is 0.574. The van der Waals surface area contributed by atoms with Crippen LogP contribution in [0.15, 0.2) is 81.9 Å². The molecule has 0 saturated heterocycles. The van der Waals surface area contributed by atoms with Crippen LogP contribution in [-0.2, 0) is 10.3 Å². The van der Waals surface area contributed by atoms with Gasteiger partial charge in [-0.1, -0.05) is 59.6 Å². The van der Waals surface area contributed by atoms with Crippen LogP contribution < -0.4 is 5.32 Å². The van der Waals surface area contributed by atoms with Gasteiger partial charge >= 0.3 is 0 Å². The predicted octanol–water partition coefficient (Wildman–Crippen LogP) is 4.94. The molecular formula is C23H15Cl2N5O. The van der Waals surface area contributed by atoms with E-state index in [1.807, 2.05) is 61.5 Å². The summed E-state index contributed by atoms with van der Waals surface area (Å²) in [6, 6.07) is 17.3. The number of halogens is 2. The first kappa shape index (κ1) is 18.4. The lowest BCUT2D eigenvalue weighted by Crippen LogP contribution is -2.54. The summed E-state index contributed by atoms with van der Waals surface area (Å²) >= 11 is 13.0. The molecule has 1 amide bonds. The standard InChI is InChI=1S/C23H15Cl2N5O/c1-13-19-21(30(28-13)15-7-3-2-4-8-15)27-20-17(25)11-14(24)12-29(20)23(19)16-9-5-6-10-18(16)26-22(23)31/h2-12H,1H3,(H,26,31). The van der Waals surface area contributed by atoms with Gasteiger partial charge in [-0.25, -0.2) is 9.67 Å². The first-order valence-electron chi connectivity index (χ1n) is 9.71. The normalized spacial score (nSPS) is 21.1. The van der Waals surface area contributed by atoms with Gasteiger partial charge in [0.25, 0.3) is 5.91 Å². The molecule has 1 unspecified atom stereocenters. The van der Waals surface area contributed by atoms with Crippen molar-refractivity contribution in [2.24, 2.45) is 4.99 Å². The lowest BCUT2D eigenvalue weighted by atomic mass is 9.80. The molecule has 31 heavy (non-hydrogen) atoms. The van der Waals surface area contributed by atoms with Gasteiger partial charge in [0.15, 0.2) is 17.2 Å². The van der Waals surface area contributed by atoms with Crippen LogP contribution in [0.3, 0.4) is 0 Å². The predicted molar refractivity (Wildman–Crippen MR) is 121 cm³/mol. The zero-order chi connectivity index (χ0) is 21.3. The van der Waals surface area contributed by atoms with Gasteiger partial charge in [0.05, 0.1) is 27.0 Å². The number of allylic oxidation sites excluding steroid dienone is 2. The maximum atomic E-state index is 13.8. The van der Waals surface area contributed by atoms with Gasteiger partial charge in [-0.05, 0) is 31.2 Å². The second-order valence-electron chi connectivity index (χ2n) is 7.55. The summed E-state index contributed by atoms with van der Waals surface area (Å²) in [6.07, 6.45) is 3.34. The second kappa shape index (κ2) is 6.33. The molecule has 1 atom stereocenters. The Kier molecular flexibility index (Phi) is 3.76. The van der Waals surface area contributed by atoms with Crippen LogP contribution in [0.5, 0.6) is 0 Å². The fourth-order valence-electron chi connectivity index (χ4n) is 4.63. The van der Waals surface area contributed by atoms with Gasteiger partial charge in [0, 0.05) is 17.5 Å². The Bertz CT molecular complexity index is 1370. The number of carbonyl (C=O) groups excluding carboxylic acids is 1. The van der Waals surface area contributed by atoms with Gasteiger partial charge in [-0.2, -0.15) is 5.10 Å². The summed E-state index contributed by atoms with van der Waals surface area (Å²) in [5.74, 6) is 0.812. The third-order valence-electron chi connectivity index (χ3n) is 5.82. The minimum Gasteiger partial charge on any atom is -0.323 e. The molecular weight excluding hydrogens is 433 g/mol. The Hall–Kier alpha value is -3.35. The largest absolute Gasteiger partial charge is 0.323 e. The number of benzene rings is 2. The summed E-state index contributed by atoms with van der Waals surface area (Å²) in [5, 5.41) is 8.58. The van der Waals surface area contributed by atoms with E-state index in [1.165, 1.54) is 0 Å². The maximum Gasteiger partial charge on any atom is 0.260 e. The van der Waals surface area contributed by atoms with Crippen LogP contribution in [0.1, 0.15) is 16.8 Å². The molecule has 0 aliphatic carbocycles. The number of anilines is 1. The Morgan fingerprint density at radius 2 is 1.77 bits per heavy atom. The molecule has 1 spiro atoms. The first-order chi connectivity index (χ1) is 15.0. The van der Waals surface area contributed by atoms with Crippen molar-refractivity contribution >= 4 is 46.4 Å². The molecule has 152 valence electrons. The number of hydrogen-bond donors (Lipinski definition) is 1. The van der Waals surface area contributed by atoms with Crippen LogP contribution in [0.2, 0.25) is 0 Å². The third-order valence-corrected chi connectivity index (χ3v) is 6.31. The molecule has 3 aromatic rings. The van der Waals surface area contributed by atoms with E-state index in [9.17, 15) is 4.79 Å². The zero-order valence-electron chi connectivity index (χ0n) is 16.3. The zero-order valence-corrected chi connectivity index (χ0v) is 17.8. The SMILES string of the molecule is Cc1nn(-c2ccccc2)c2c1C1(C(=O)Nc3ccccc31)N1C=C(Cl)C=C(Cl)C1=N2. The van der Waals surface area contributed by atoms with Gasteiger partial charge in [-0.15, -0.1) is 0 Å². The number of amides is 1. The van der Waals surface area contributed by atoms with E-state index in [0.717, 1.165) is 16.9 Å². The van der Waals surface area contributed by atoms with Crippen molar-refractivity contribution in [1.29, 1.82) is 0 Å². The van der Waals surface area contributed by atoms with Gasteiger partial charge in [0.2, 0.25) is 0 Å². The Labute approximate surface area is 188 Å². The minimum atomic E-state index is -1.23. The molecule has 6 nitrogen and oxygen atoms in total. The molecule has 4 heterocycles. The molecule has 0 saturated carbocycles. The van der Waals surface area contributed by atoms with E-state index in [2.05, 4.69) is 5.32 Å². The summed E-state index contributed by atoms with van der Waals surface area (Å²) < 4.78 is 1.76. The van der Waals surface area contributed by atoms with E-state index in [4.69, 9.17) is 33.3 Å². The lowest BCUT2D eigenvalue weighted by Gasteiger charge is -2.43. The van der Waals surface area contributed by atoms with Crippen LogP contribution in [0, 0.1) is 6.92 Å². The minimum absolute atomic E-state index is 0.204. The summed E-state index contributed by atoms with van der Waals surface area (Å²) in [5.41, 5.74) is 2.56. The molecule has 0 fully saturated rings. The average molecular weight is 448 g/mol. The number of rotatable bonds is 1. The monoisotopic (exact) mass is 447 g/mol. The number of para-hydroxylation sites is 2. The van der Waals surface area contributed by atoms with Crippen molar-refractivity contribution in [3.63, 3.8) is 0 Å². The fourth-order valence-corrected chi connectivity index (χ4v) is 5.14.